The van der Waals surface area contributed by atoms with Crippen LogP contribution in [0, 0.1) is 5.92 Å². The molecule has 0 radical (unpaired) electrons. The van der Waals surface area contributed by atoms with E-state index in [-0.39, 0.29) is 12.5 Å². The number of carboxylic acids is 1. The van der Waals surface area contributed by atoms with Gasteiger partial charge < -0.3 is 5.11 Å². The van der Waals surface area contributed by atoms with Crippen LogP contribution in [0.15, 0.2) is 30.3 Å². The molecule has 0 saturated heterocycles. The number of carbonyl (C=O) groups is 1. The lowest BCUT2D eigenvalue weighted by atomic mass is 10.0. The highest BCUT2D eigenvalue weighted by Crippen LogP contribution is 2.24. The number of carboxylic acid groups (broad SMARTS) is 1. The topological polar surface area (TPSA) is 40.5 Å². The van der Waals surface area contributed by atoms with Gasteiger partial charge in [0.1, 0.15) is 0 Å². The third-order valence-electron chi connectivity index (χ3n) is 3.38. The second-order valence-corrected chi connectivity index (χ2v) is 4.98. The first-order valence-electron chi connectivity index (χ1n) is 6.51. The second kappa shape index (κ2) is 7.17. The zero-order chi connectivity index (χ0) is 13.5. The minimum atomic E-state index is -0.750. The lowest BCUT2D eigenvalue weighted by Gasteiger charge is -2.29. The van der Waals surface area contributed by atoms with Crippen LogP contribution in [-0.4, -0.2) is 29.6 Å². The van der Waals surface area contributed by atoms with Crippen molar-refractivity contribution < 1.29 is 9.90 Å². The van der Waals surface area contributed by atoms with Gasteiger partial charge in [0.25, 0.3) is 0 Å². The summed E-state index contributed by atoms with van der Waals surface area (Å²) in [5.74, 6) is -0.171. The molecule has 0 amide bonds. The maximum atomic E-state index is 11.0. The first-order valence-corrected chi connectivity index (χ1v) is 6.51. The van der Waals surface area contributed by atoms with E-state index in [0.29, 0.717) is 5.92 Å². The van der Waals surface area contributed by atoms with E-state index in [2.05, 4.69) is 18.7 Å². The molecule has 2 atom stereocenters. The van der Waals surface area contributed by atoms with Crippen LogP contribution in [0.3, 0.4) is 0 Å². The van der Waals surface area contributed by atoms with Crippen molar-refractivity contribution in [1.82, 2.24) is 4.90 Å². The Labute approximate surface area is 109 Å². The Kier molecular flexibility index (Phi) is 5.86. The number of aliphatic carboxylic acids is 1. The Bertz CT molecular complexity index is 364. The van der Waals surface area contributed by atoms with Crippen LogP contribution in [-0.2, 0) is 4.79 Å². The summed E-state index contributed by atoms with van der Waals surface area (Å²) in [7, 11) is 2.01. The quantitative estimate of drug-likeness (QED) is 0.807. The Morgan fingerprint density at radius 3 is 2.44 bits per heavy atom. The predicted molar refractivity (Wildman–Crippen MR) is 73.5 cm³/mol. The lowest BCUT2D eigenvalue weighted by Crippen LogP contribution is -2.30. The summed E-state index contributed by atoms with van der Waals surface area (Å²) in [6.45, 7) is 5.27. The molecule has 0 heterocycles. The van der Waals surface area contributed by atoms with Gasteiger partial charge in [-0.15, -0.1) is 0 Å². The third kappa shape index (κ3) is 4.49. The summed E-state index contributed by atoms with van der Waals surface area (Å²) in [6, 6.07) is 9.83. The maximum absolute atomic E-state index is 11.0. The van der Waals surface area contributed by atoms with Crippen LogP contribution in [0.1, 0.15) is 38.3 Å². The molecule has 0 aliphatic heterocycles. The summed E-state index contributed by atoms with van der Waals surface area (Å²) in [4.78, 5) is 13.2. The molecule has 0 fully saturated rings. The zero-order valence-corrected chi connectivity index (χ0v) is 11.5. The summed E-state index contributed by atoms with van der Waals surface area (Å²) >= 11 is 0. The lowest BCUT2D eigenvalue weighted by molar-refractivity contribution is -0.138. The number of nitrogens with zero attached hydrogens (tertiary/aromatic N) is 1. The predicted octanol–water partition coefficient (Wildman–Crippen LogP) is 3.18. The molecule has 3 heteroatoms. The molecular formula is C15H23NO2. The van der Waals surface area contributed by atoms with Crippen molar-refractivity contribution in [3.8, 4) is 0 Å². The molecule has 0 bridgehead atoms. The SMILES string of the molecule is CCC(C)CN(C)C(CC(=O)O)c1ccccc1. The average molecular weight is 249 g/mol. The van der Waals surface area contributed by atoms with Crippen LogP contribution in [0.25, 0.3) is 0 Å². The molecule has 2 unspecified atom stereocenters. The molecule has 1 aromatic rings. The van der Waals surface area contributed by atoms with E-state index < -0.39 is 5.97 Å². The van der Waals surface area contributed by atoms with E-state index >= 15 is 0 Å². The molecule has 1 rings (SSSR count). The van der Waals surface area contributed by atoms with Gasteiger partial charge >= 0.3 is 5.97 Å². The number of benzene rings is 1. The highest BCUT2D eigenvalue weighted by molar-refractivity contribution is 5.67. The van der Waals surface area contributed by atoms with Crippen LogP contribution < -0.4 is 0 Å². The molecule has 1 N–H and O–H groups in total. The summed E-state index contributed by atoms with van der Waals surface area (Å²) in [5.41, 5.74) is 1.07. The van der Waals surface area contributed by atoms with Crippen molar-refractivity contribution in [2.75, 3.05) is 13.6 Å². The Balaban J connectivity index is 2.81. The van der Waals surface area contributed by atoms with Crippen molar-refractivity contribution in [3.05, 3.63) is 35.9 Å². The van der Waals surface area contributed by atoms with E-state index in [1.165, 1.54) is 0 Å². The van der Waals surface area contributed by atoms with Gasteiger partial charge in [0.15, 0.2) is 0 Å². The molecule has 0 aliphatic rings. The van der Waals surface area contributed by atoms with E-state index in [1.807, 2.05) is 37.4 Å². The van der Waals surface area contributed by atoms with Gasteiger partial charge in [0, 0.05) is 12.6 Å². The largest absolute Gasteiger partial charge is 0.481 e. The van der Waals surface area contributed by atoms with Crippen LogP contribution in [0.5, 0.6) is 0 Å². The zero-order valence-electron chi connectivity index (χ0n) is 11.5. The van der Waals surface area contributed by atoms with Crippen molar-refractivity contribution in [2.45, 2.75) is 32.7 Å². The Morgan fingerprint density at radius 1 is 1.33 bits per heavy atom. The minimum Gasteiger partial charge on any atom is -0.481 e. The van der Waals surface area contributed by atoms with Gasteiger partial charge in [-0.3, -0.25) is 9.69 Å². The van der Waals surface area contributed by atoms with Crippen LogP contribution in [0.4, 0.5) is 0 Å². The standard InChI is InChI=1S/C15H23NO2/c1-4-12(2)11-16(3)14(10-15(17)18)13-8-6-5-7-9-13/h5-9,12,14H,4,10-11H2,1-3H3,(H,17,18). The molecule has 0 spiro atoms. The van der Waals surface area contributed by atoms with Crippen LogP contribution >= 0.6 is 0 Å². The monoisotopic (exact) mass is 249 g/mol. The van der Waals surface area contributed by atoms with Gasteiger partial charge in [-0.1, -0.05) is 50.6 Å². The first kappa shape index (κ1) is 14.7. The Hall–Kier alpha value is -1.35. The van der Waals surface area contributed by atoms with E-state index in [4.69, 9.17) is 5.11 Å². The van der Waals surface area contributed by atoms with E-state index in [0.717, 1.165) is 18.5 Å². The summed E-state index contributed by atoms with van der Waals surface area (Å²) < 4.78 is 0. The third-order valence-corrected chi connectivity index (χ3v) is 3.38. The molecular weight excluding hydrogens is 226 g/mol. The second-order valence-electron chi connectivity index (χ2n) is 4.98. The Morgan fingerprint density at radius 2 is 1.94 bits per heavy atom. The normalized spacial score (nSPS) is 14.4. The number of rotatable bonds is 7. The fraction of sp³-hybridized carbons (Fsp3) is 0.533. The maximum Gasteiger partial charge on any atom is 0.305 e. The summed E-state index contributed by atoms with van der Waals surface area (Å²) in [6.07, 6.45) is 1.26. The molecule has 0 saturated carbocycles. The fourth-order valence-electron chi connectivity index (χ4n) is 2.12. The molecule has 18 heavy (non-hydrogen) atoms. The summed E-state index contributed by atoms with van der Waals surface area (Å²) in [5, 5.41) is 9.06. The molecule has 1 aromatic carbocycles. The van der Waals surface area contributed by atoms with Gasteiger partial charge in [-0.2, -0.15) is 0 Å². The molecule has 0 aliphatic carbocycles. The van der Waals surface area contributed by atoms with E-state index in [1.54, 1.807) is 0 Å². The van der Waals surface area contributed by atoms with Gasteiger partial charge in [-0.25, -0.2) is 0 Å². The molecule has 0 aromatic heterocycles. The highest BCUT2D eigenvalue weighted by atomic mass is 16.4. The van der Waals surface area contributed by atoms with E-state index in [9.17, 15) is 4.79 Å². The smallest absolute Gasteiger partial charge is 0.305 e. The van der Waals surface area contributed by atoms with Crippen molar-refractivity contribution in [3.63, 3.8) is 0 Å². The van der Waals surface area contributed by atoms with Gasteiger partial charge in [-0.05, 0) is 18.5 Å². The van der Waals surface area contributed by atoms with Gasteiger partial charge in [0.05, 0.1) is 6.42 Å². The molecule has 3 nitrogen and oxygen atoms in total. The van der Waals surface area contributed by atoms with Gasteiger partial charge in [0.2, 0.25) is 0 Å². The fourth-order valence-corrected chi connectivity index (χ4v) is 2.12. The number of hydrogen-bond donors (Lipinski definition) is 1. The number of hydrogen-bond acceptors (Lipinski definition) is 2. The average Bonchev–Trinajstić information content (AvgIpc) is 2.36. The van der Waals surface area contributed by atoms with Crippen molar-refractivity contribution in [2.24, 2.45) is 5.92 Å². The van der Waals surface area contributed by atoms with Crippen LogP contribution in [0.2, 0.25) is 0 Å². The minimum absolute atomic E-state index is 0.0438. The molecule has 100 valence electrons. The van der Waals surface area contributed by atoms with Crippen molar-refractivity contribution >= 4 is 5.97 Å². The van der Waals surface area contributed by atoms with Crippen molar-refractivity contribution in [1.29, 1.82) is 0 Å². The highest BCUT2D eigenvalue weighted by Gasteiger charge is 2.21. The first-order chi connectivity index (χ1) is 8.54.